The molecule has 0 aliphatic rings. The SMILES string of the molecule is CCC(=Cc1cn(C)nc1CC)CNC(C)C. The van der Waals surface area contributed by atoms with Crippen LogP contribution >= 0.6 is 0 Å². The zero-order valence-corrected chi connectivity index (χ0v) is 11.7. The number of hydrogen-bond acceptors (Lipinski definition) is 2. The lowest BCUT2D eigenvalue weighted by Crippen LogP contribution is -2.24. The first-order valence-corrected chi connectivity index (χ1v) is 6.52. The van der Waals surface area contributed by atoms with Crippen molar-refractivity contribution in [2.45, 2.75) is 46.6 Å². The van der Waals surface area contributed by atoms with Crippen molar-refractivity contribution in [3.05, 3.63) is 23.0 Å². The maximum atomic E-state index is 4.46. The summed E-state index contributed by atoms with van der Waals surface area (Å²) in [6.45, 7) is 9.67. The van der Waals surface area contributed by atoms with Gasteiger partial charge in [-0.3, -0.25) is 4.68 Å². The fourth-order valence-corrected chi connectivity index (χ4v) is 1.78. The Labute approximate surface area is 105 Å². The average Bonchev–Trinajstić information content (AvgIpc) is 2.64. The van der Waals surface area contributed by atoms with E-state index >= 15 is 0 Å². The molecule has 0 saturated heterocycles. The molecule has 0 atom stereocenters. The molecule has 0 amide bonds. The Kier molecular flexibility index (Phi) is 5.42. The van der Waals surface area contributed by atoms with Crippen molar-refractivity contribution in [1.82, 2.24) is 15.1 Å². The highest BCUT2D eigenvalue weighted by Crippen LogP contribution is 2.13. The van der Waals surface area contributed by atoms with Gasteiger partial charge in [0.05, 0.1) is 5.69 Å². The van der Waals surface area contributed by atoms with E-state index in [4.69, 9.17) is 0 Å². The van der Waals surface area contributed by atoms with Gasteiger partial charge < -0.3 is 5.32 Å². The Morgan fingerprint density at radius 2 is 2.18 bits per heavy atom. The molecule has 0 spiro atoms. The van der Waals surface area contributed by atoms with Crippen LogP contribution in [0, 0.1) is 0 Å². The number of aromatic nitrogens is 2. The smallest absolute Gasteiger partial charge is 0.0694 e. The summed E-state index contributed by atoms with van der Waals surface area (Å²) in [5.41, 5.74) is 3.88. The molecule has 3 nitrogen and oxygen atoms in total. The molecule has 0 radical (unpaired) electrons. The largest absolute Gasteiger partial charge is 0.311 e. The van der Waals surface area contributed by atoms with Crippen LogP contribution < -0.4 is 5.32 Å². The third-order valence-electron chi connectivity index (χ3n) is 2.82. The second kappa shape index (κ2) is 6.60. The fraction of sp³-hybridized carbons (Fsp3) is 0.643. The second-order valence-corrected chi connectivity index (χ2v) is 4.75. The van der Waals surface area contributed by atoms with Gasteiger partial charge in [0, 0.05) is 31.4 Å². The van der Waals surface area contributed by atoms with Crippen LogP contribution in [0.3, 0.4) is 0 Å². The number of nitrogens with zero attached hydrogens (tertiary/aromatic N) is 2. The molecule has 0 saturated carbocycles. The Bertz CT molecular complexity index is 375. The van der Waals surface area contributed by atoms with Crippen molar-refractivity contribution >= 4 is 6.08 Å². The van der Waals surface area contributed by atoms with Gasteiger partial charge in [0.1, 0.15) is 0 Å². The van der Waals surface area contributed by atoms with Gasteiger partial charge in [-0.1, -0.05) is 39.3 Å². The number of nitrogens with one attached hydrogen (secondary N) is 1. The topological polar surface area (TPSA) is 29.9 Å². The fourth-order valence-electron chi connectivity index (χ4n) is 1.78. The molecule has 1 aromatic rings. The zero-order chi connectivity index (χ0) is 12.8. The highest BCUT2D eigenvalue weighted by atomic mass is 15.2. The summed E-state index contributed by atoms with van der Waals surface area (Å²) < 4.78 is 1.90. The van der Waals surface area contributed by atoms with Crippen molar-refractivity contribution in [3.63, 3.8) is 0 Å². The van der Waals surface area contributed by atoms with E-state index in [1.165, 1.54) is 16.8 Å². The Balaban J connectivity index is 2.81. The van der Waals surface area contributed by atoms with Crippen LogP contribution in [0.1, 0.15) is 45.4 Å². The first-order valence-electron chi connectivity index (χ1n) is 6.52. The number of hydrogen-bond donors (Lipinski definition) is 1. The van der Waals surface area contributed by atoms with Gasteiger partial charge in [0.15, 0.2) is 0 Å². The molecule has 1 aromatic heterocycles. The van der Waals surface area contributed by atoms with Crippen molar-refractivity contribution in [2.75, 3.05) is 6.54 Å². The molecular formula is C14H25N3. The van der Waals surface area contributed by atoms with Crippen molar-refractivity contribution in [2.24, 2.45) is 7.05 Å². The monoisotopic (exact) mass is 235 g/mol. The molecule has 17 heavy (non-hydrogen) atoms. The van der Waals surface area contributed by atoms with Crippen molar-refractivity contribution in [1.29, 1.82) is 0 Å². The van der Waals surface area contributed by atoms with E-state index in [9.17, 15) is 0 Å². The van der Waals surface area contributed by atoms with Crippen LogP contribution in [0.4, 0.5) is 0 Å². The van der Waals surface area contributed by atoms with E-state index in [1.54, 1.807) is 0 Å². The van der Waals surface area contributed by atoms with Gasteiger partial charge in [0.2, 0.25) is 0 Å². The minimum atomic E-state index is 0.532. The predicted molar refractivity (Wildman–Crippen MR) is 74.0 cm³/mol. The van der Waals surface area contributed by atoms with E-state index in [0.717, 1.165) is 19.4 Å². The van der Waals surface area contributed by atoms with Crippen molar-refractivity contribution < 1.29 is 0 Å². The Morgan fingerprint density at radius 3 is 2.71 bits per heavy atom. The first kappa shape index (κ1) is 14.0. The minimum Gasteiger partial charge on any atom is -0.311 e. The van der Waals surface area contributed by atoms with Gasteiger partial charge in [-0.15, -0.1) is 0 Å². The van der Waals surface area contributed by atoms with E-state index in [1.807, 2.05) is 11.7 Å². The maximum Gasteiger partial charge on any atom is 0.0694 e. The molecule has 0 unspecified atom stereocenters. The summed E-state index contributed by atoms with van der Waals surface area (Å²) in [4.78, 5) is 0. The summed E-state index contributed by atoms with van der Waals surface area (Å²) in [7, 11) is 1.98. The lowest BCUT2D eigenvalue weighted by Gasteiger charge is -2.10. The van der Waals surface area contributed by atoms with Crippen LogP contribution in [0.25, 0.3) is 6.08 Å². The van der Waals surface area contributed by atoms with Gasteiger partial charge in [0.25, 0.3) is 0 Å². The molecule has 1 rings (SSSR count). The lowest BCUT2D eigenvalue weighted by atomic mass is 10.1. The molecule has 96 valence electrons. The second-order valence-electron chi connectivity index (χ2n) is 4.75. The summed E-state index contributed by atoms with van der Waals surface area (Å²) >= 11 is 0. The average molecular weight is 235 g/mol. The molecule has 0 aromatic carbocycles. The van der Waals surface area contributed by atoms with E-state index in [-0.39, 0.29) is 0 Å². The molecular weight excluding hydrogens is 210 g/mol. The van der Waals surface area contributed by atoms with Crippen LogP contribution in [0.15, 0.2) is 11.8 Å². The first-order chi connectivity index (χ1) is 8.06. The van der Waals surface area contributed by atoms with Crippen LogP contribution in [0.5, 0.6) is 0 Å². The highest BCUT2D eigenvalue weighted by molar-refractivity contribution is 5.54. The standard InChI is InChI=1S/C14H25N3/c1-6-12(9-15-11(3)4)8-13-10-17(5)16-14(13)7-2/h8,10-11,15H,6-7,9H2,1-5H3. The summed E-state index contributed by atoms with van der Waals surface area (Å²) in [6.07, 6.45) is 6.45. The van der Waals surface area contributed by atoms with Gasteiger partial charge in [-0.25, -0.2) is 0 Å². The van der Waals surface area contributed by atoms with E-state index in [2.05, 4.69) is 50.4 Å². The van der Waals surface area contributed by atoms with Crippen LogP contribution in [-0.4, -0.2) is 22.4 Å². The Morgan fingerprint density at radius 1 is 1.47 bits per heavy atom. The van der Waals surface area contributed by atoms with Gasteiger partial charge in [-0.2, -0.15) is 5.10 Å². The van der Waals surface area contributed by atoms with Crippen LogP contribution in [-0.2, 0) is 13.5 Å². The normalized spacial score (nSPS) is 12.5. The van der Waals surface area contributed by atoms with Crippen LogP contribution in [0.2, 0.25) is 0 Å². The summed E-state index contributed by atoms with van der Waals surface area (Å²) in [6, 6.07) is 0.532. The third kappa shape index (κ3) is 4.35. The quantitative estimate of drug-likeness (QED) is 0.821. The predicted octanol–water partition coefficient (Wildman–Crippen LogP) is 2.77. The number of rotatable bonds is 6. The van der Waals surface area contributed by atoms with Gasteiger partial charge in [-0.05, 0) is 12.8 Å². The van der Waals surface area contributed by atoms with Crippen molar-refractivity contribution in [3.8, 4) is 0 Å². The highest BCUT2D eigenvalue weighted by Gasteiger charge is 2.04. The molecule has 0 bridgehead atoms. The minimum absolute atomic E-state index is 0.532. The molecule has 0 aliphatic carbocycles. The lowest BCUT2D eigenvalue weighted by molar-refractivity contribution is 0.617. The molecule has 0 fully saturated rings. The molecule has 3 heteroatoms. The zero-order valence-electron chi connectivity index (χ0n) is 11.7. The van der Waals surface area contributed by atoms with E-state index < -0.39 is 0 Å². The summed E-state index contributed by atoms with van der Waals surface area (Å²) in [5.74, 6) is 0. The molecule has 0 aliphatic heterocycles. The Hall–Kier alpha value is -1.09. The molecule has 1 heterocycles. The van der Waals surface area contributed by atoms with E-state index in [0.29, 0.717) is 6.04 Å². The molecule has 1 N–H and O–H groups in total. The third-order valence-corrected chi connectivity index (χ3v) is 2.82. The summed E-state index contributed by atoms with van der Waals surface area (Å²) in [5, 5.41) is 7.93. The number of aryl methyl sites for hydroxylation is 2. The van der Waals surface area contributed by atoms with Gasteiger partial charge >= 0.3 is 0 Å². The maximum absolute atomic E-state index is 4.46.